The number of benzene rings is 1. The van der Waals surface area contributed by atoms with Crippen molar-refractivity contribution in [1.29, 1.82) is 0 Å². The minimum Gasteiger partial charge on any atom is -0.468 e. The fourth-order valence-electron chi connectivity index (χ4n) is 0.641. The monoisotopic (exact) mass is 176 g/mol. The second-order valence-electron chi connectivity index (χ2n) is 1.85. The van der Waals surface area contributed by atoms with E-state index >= 15 is 0 Å². The number of hydrogen-bond acceptors (Lipinski definition) is 2. The third-order valence-corrected chi connectivity index (χ3v) is 1.41. The Morgan fingerprint density at radius 2 is 2.27 bits per heavy atom. The van der Waals surface area contributed by atoms with Crippen LogP contribution >= 0.6 is 11.6 Å². The molecule has 0 aliphatic rings. The lowest BCUT2D eigenvalue weighted by molar-refractivity contribution is 0.0985. The van der Waals surface area contributed by atoms with Crippen LogP contribution in [0.4, 0.5) is 4.39 Å². The Balaban J connectivity index is 2.86. The average Bonchev–Trinajstić information content (AvgIpc) is 1.98. The maximum Gasteiger partial charge on any atom is 0.186 e. The molecule has 1 rings (SSSR count). The molecule has 0 bridgehead atoms. The molecule has 0 saturated carbocycles. The van der Waals surface area contributed by atoms with E-state index in [4.69, 9.17) is 16.7 Å². The molecule has 0 aliphatic heterocycles. The zero-order valence-electron chi connectivity index (χ0n) is 5.55. The first-order chi connectivity index (χ1) is 5.24. The fourth-order valence-corrected chi connectivity index (χ4v) is 0.812. The van der Waals surface area contributed by atoms with Crippen LogP contribution in [-0.2, 0) is 0 Å². The van der Waals surface area contributed by atoms with Gasteiger partial charge in [-0.1, -0.05) is 11.6 Å². The molecule has 1 N–H and O–H groups in total. The van der Waals surface area contributed by atoms with Gasteiger partial charge in [0.15, 0.2) is 6.79 Å². The van der Waals surface area contributed by atoms with Crippen molar-refractivity contribution < 1.29 is 14.2 Å². The zero-order chi connectivity index (χ0) is 8.27. The molecule has 0 aliphatic carbocycles. The van der Waals surface area contributed by atoms with Gasteiger partial charge in [-0.2, -0.15) is 0 Å². The summed E-state index contributed by atoms with van der Waals surface area (Å²) in [6.45, 7) is -0.442. The van der Waals surface area contributed by atoms with Crippen molar-refractivity contribution in [3.63, 3.8) is 0 Å². The Morgan fingerprint density at radius 3 is 2.82 bits per heavy atom. The van der Waals surface area contributed by atoms with Crippen LogP contribution < -0.4 is 4.74 Å². The standard InChI is InChI=1S/C7H6ClFO2/c8-6-3-5(11-4-10)1-2-7(6)9/h1-3,10H,4H2. The van der Waals surface area contributed by atoms with Crippen molar-refractivity contribution in [3.8, 4) is 5.75 Å². The van der Waals surface area contributed by atoms with E-state index in [0.717, 1.165) is 0 Å². The van der Waals surface area contributed by atoms with Gasteiger partial charge >= 0.3 is 0 Å². The van der Waals surface area contributed by atoms with Crippen LogP contribution in [0.2, 0.25) is 5.02 Å². The highest BCUT2D eigenvalue weighted by Gasteiger charge is 1.99. The van der Waals surface area contributed by atoms with Gasteiger partial charge in [0.2, 0.25) is 0 Å². The van der Waals surface area contributed by atoms with Crippen LogP contribution in [-0.4, -0.2) is 11.9 Å². The quantitative estimate of drug-likeness (QED) is 0.697. The number of rotatable bonds is 2. The third-order valence-electron chi connectivity index (χ3n) is 1.12. The van der Waals surface area contributed by atoms with Crippen LogP contribution in [0.1, 0.15) is 0 Å². The van der Waals surface area contributed by atoms with Crippen molar-refractivity contribution in [2.75, 3.05) is 6.79 Å². The molecule has 0 atom stereocenters. The van der Waals surface area contributed by atoms with E-state index in [2.05, 4.69) is 4.74 Å². The molecule has 1 aromatic carbocycles. The van der Waals surface area contributed by atoms with Crippen molar-refractivity contribution in [2.45, 2.75) is 0 Å². The van der Waals surface area contributed by atoms with Crippen LogP contribution in [0, 0.1) is 5.82 Å². The number of hydrogen-bond donors (Lipinski definition) is 1. The highest BCUT2D eigenvalue weighted by atomic mass is 35.5. The predicted octanol–water partition coefficient (Wildman–Crippen LogP) is 1.81. The van der Waals surface area contributed by atoms with Gasteiger partial charge in [0.05, 0.1) is 5.02 Å². The minimum atomic E-state index is -0.503. The highest BCUT2D eigenvalue weighted by molar-refractivity contribution is 6.30. The summed E-state index contributed by atoms with van der Waals surface area (Å²) in [5.41, 5.74) is 0. The van der Waals surface area contributed by atoms with Crippen LogP contribution in [0.15, 0.2) is 18.2 Å². The van der Waals surface area contributed by atoms with Gasteiger partial charge in [0.25, 0.3) is 0 Å². The number of aliphatic hydroxyl groups is 1. The van der Waals surface area contributed by atoms with Crippen molar-refractivity contribution >= 4 is 11.6 Å². The Bertz CT molecular complexity index is 252. The number of halogens is 2. The molecule has 0 spiro atoms. The summed E-state index contributed by atoms with van der Waals surface area (Å²) < 4.78 is 17.1. The van der Waals surface area contributed by atoms with Gasteiger partial charge in [-0.05, 0) is 12.1 Å². The second-order valence-corrected chi connectivity index (χ2v) is 2.26. The first-order valence-corrected chi connectivity index (χ1v) is 3.30. The fraction of sp³-hybridized carbons (Fsp3) is 0.143. The lowest BCUT2D eigenvalue weighted by Crippen LogP contribution is -1.94. The average molecular weight is 177 g/mol. The molecule has 1 aromatic rings. The normalized spacial score (nSPS) is 9.73. The molecule has 4 heteroatoms. The molecule has 0 heterocycles. The maximum absolute atomic E-state index is 12.5. The lowest BCUT2D eigenvalue weighted by atomic mass is 10.3. The van der Waals surface area contributed by atoms with Gasteiger partial charge in [-0.15, -0.1) is 0 Å². The molecule has 0 amide bonds. The summed E-state index contributed by atoms with van der Waals surface area (Å²) >= 11 is 5.41. The topological polar surface area (TPSA) is 29.5 Å². The Labute approximate surface area is 68.2 Å². The smallest absolute Gasteiger partial charge is 0.186 e. The molecule has 0 saturated heterocycles. The summed E-state index contributed by atoms with van der Waals surface area (Å²) in [5.74, 6) is -0.157. The van der Waals surface area contributed by atoms with E-state index in [9.17, 15) is 4.39 Å². The van der Waals surface area contributed by atoms with Crippen molar-refractivity contribution in [1.82, 2.24) is 0 Å². The van der Waals surface area contributed by atoms with E-state index in [0.29, 0.717) is 5.75 Å². The summed E-state index contributed by atoms with van der Waals surface area (Å²) in [6.07, 6.45) is 0. The molecular weight excluding hydrogens is 171 g/mol. The molecule has 0 aromatic heterocycles. The van der Waals surface area contributed by atoms with Crippen molar-refractivity contribution in [2.24, 2.45) is 0 Å². The van der Waals surface area contributed by atoms with E-state index in [1.165, 1.54) is 18.2 Å². The molecular formula is C7H6ClFO2. The van der Waals surface area contributed by atoms with Crippen LogP contribution in [0.3, 0.4) is 0 Å². The van der Waals surface area contributed by atoms with Gasteiger partial charge in [0.1, 0.15) is 11.6 Å². The molecule has 0 radical (unpaired) electrons. The first-order valence-electron chi connectivity index (χ1n) is 2.93. The van der Waals surface area contributed by atoms with E-state index in [-0.39, 0.29) is 5.02 Å². The highest BCUT2D eigenvalue weighted by Crippen LogP contribution is 2.20. The Morgan fingerprint density at radius 1 is 1.55 bits per heavy atom. The number of aliphatic hydroxyl groups excluding tert-OH is 1. The SMILES string of the molecule is OCOc1ccc(F)c(Cl)c1. The molecule has 2 nitrogen and oxygen atoms in total. The summed E-state index contributed by atoms with van der Waals surface area (Å²) in [7, 11) is 0. The summed E-state index contributed by atoms with van der Waals surface area (Å²) in [5, 5.41) is 8.30. The van der Waals surface area contributed by atoms with E-state index in [1.807, 2.05) is 0 Å². The van der Waals surface area contributed by atoms with Gasteiger partial charge < -0.3 is 9.84 Å². The lowest BCUT2D eigenvalue weighted by Gasteiger charge is -2.01. The van der Waals surface area contributed by atoms with E-state index in [1.54, 1.807) is 0 Å². The van der Waals surface area contributed by atoms with Gasteiger partial charge in [0, 0.05) is 6.07 Å². The molecule has 11 heavy (non-hydrogen) atoms. The Hall–Kier alpha value is -0.800. The second kappa shape index (κ2) is 3.55. The maximum atomic E-state index is 12.5. The number of ether oxygens (including phenoxy) is 1. The molecule has 0 unspecified atom stereocenters. The summed E-state index contributed by atoms with van der Waals surface area (Å²) in [4.78, 5) is 0. The van der Waals surface area contributed by atoms with E-state index < -0.39 is 12.6 Å². The predicted molar refractivity (Wildman–Crippen MR) is 39.1 cm³/mol. The first kappa shape index (κ1) is 8.30. The zero-order valence-corrected chi connectivity index (χ0v) is 6.31. The van der Waals surface area contributed by atoms with Gasteiger partial charge in [-0.3, -0.25) is 0 Å². The molecule has 60 valence electrons. The minimum absolute atomic E-state index is 0.0176. The van der Waals surface area contributed by atoms with Crippen molar-refractivity contribution in [3.05, 3.63) is 29.0 Å². The summed E-state index contributed by atoms with van der Waals surface area (Å²) in [6, 6.07) is 3.86. The largest absolute Gasteiger partial charge is 0.468 e. The molecule has 0 fully saturated rings. The van der Waals surface area contributed by atoms with Gasteiger partial charge in [-0.25, -0.2) is 4.39 Å². The Kier molecular flexibility index (Phi) is 2.68. The van der Waals surface area contributed by atoms with Crippen LogP contribution in [0.5, 0.6) is 5.75 Å². The van der Waals surface area contributed by atoms with Crippen LogP contribution in [0.25, 0.3) is 0 Å². The third kappa shape index (κ3) is 2.06.